The Balaban J connectivity index is 1.66. The van der Waals surface area contributed by atoms with E-state index in [0.717, 1.165) is 16.3 Å². The zero-order chi connectivity index (χ0) is 19.7. The number of ether oxygens (including phenoxy) is 1. The quantitative estimate of drug-likeness (QED) is 0.535. The van der Waals surface area contributed by atoms with Crippen LogP contribution in [0.1, 0.15) is 20.8 Å². The number of carbonyl (C=O) groups excluding carboxylic acids is 2. The Morgan fingerprint density at radius 2 is 1.93 bits per heavy atom. The summed E-state index contributed by atoms with van der Waals surface area (Å²) < 4.78 is 6.54. The third-order valence-corrected chi connectivity index (χ3v) is 5.12. The van der Waals surface area contributed by atoms with Crippen LogP contribution in [-0.4, -0.2) is 33.8 Å². The molecule has 0 saturated carbocycles. The lowest BCUT2D eigenvalue weighted by Crippen LogP contribution is -2.16. The lowest BCUT2D eigenvalue weighted by atomic mass is 10.0. The van der Waals surface area contributed by atoms with E-state index >= 15 is 0 Å². The number of methoxy groups -OCH3 is 1. The molecule has 0 aliphatic rings. The fraction of sp³-hybridized carbons (Fsp3) is 0.100. The van der Waals surface area contributed by atoms with E-state index < -0.39 is 11.9 Å². The number of hydrogen-bond donors (Lipinski definition) is 1. The van der Waals surface area contributed by atoms with Crippen molar-refractivity contribution in [3.63, 3.8) is 0 Å². The van der Waals surface area contributed by atoms with Gasteiger partial charge in [-0.3, -0.25) is 9.48 Å². The lowest BCUT2D eigenvalue weighted by Gasteiger charge is -2.11. The van der Waals surface area contributed by atoms with Gasteiger partial charge in [-0.1, -0.05) is 24.3 Å². The summed E-state index contributed by atoms with van der Waals surface area (Å²) in [4.78, 5) is 29.3. The summed E-state index contributed by atoms with van der Waals surface area (Å²) in [6.45, 7) is 0. The molecule has 0 spiro atoms. The van der Waals surface area contributed by atoms with E-state index in [9.17, 15) is 9.59 Å². The molecule has 0 atom stereocenters. The summed E-state index contributed by atoms with van der Waals surface area (Å²) in [6.07, 6.45) is 3.53. The fourth-order valence-electron chi connectivity index (χ4n) is 2.85. The number of fused-ring (bicyclic) bond motifs is 1. The van der Waals surface area contributed by atoms with Crippen LogP contribution in [0.5, 0.6) is 0 Å². The van der Waals surface area contributed by atoms with Gasteiger partial charge >= 0.3 is 5.97 Å². The second-order valence-corrected chi connectivity index (χ2v) is 6.99. The number of thiazole rings is 1. The lowest BCUT2D eigenvalue weighted by molar-refractivity contribution is 0.0602. The van der Waals surface area contributed by atoms with Gasteiger partial charge in [-0.15, -0.1) is 11.3 Å². The summed E-state index contributed by atoms with van der Waals surface area (Å²) in [5.74, 6) is -0.915. The molecule has 0 fully saturated rings. The maximum atomic E-state index is 12.7. The average molecular weight is 392 g/mol. The molecule has 140 valence electrons. The maximum Gasteiger partial charge on any atom is 0.339 e. The number of amides is 1. The summed E-state index contributed by atoms with van der Waals surface area (Å²) in [5, 5.41) is 11.1. The number of benzene rings is 2. The van der Waals surface area contributed by atoms with Crippen LogP contribution >= 0.6 is 11.3 Å². The summed E-state index contributed by atoms with van der Waals surface area (Å²) in [5.41, 5.74) is 1.78. The Morgan fingerprint density at radius 3 is 2.61 bits per heavy atom. The molecule has 0 aliphatic carbocycles. The summed E-state index contributed by atoms with van der Waals surface area (Å²) in [7, 11) is 3.13. The average Bonchev–Trinajstić information content (AvgIpc) is 3.36. The van der Waals surface area contributed by atoms with E-state index in [0.29, 0.717) is 10.7 Å². The maximum absolute atomic E-state index is 12.7. The first-order valence-corrected chi connectivity index (χ1v) is 9.30. The molecule has 7 nitrogen and oxygen atoms in total. The second kappa shape index (κ2) is 7.24. The van der Waals surface area contributed by atoms with Crippen molar-refractivity contribution in [1.29, 1.82) is 0 Å². The minimum atomic E-state index is -0.518. The molecule has 4 rings (SSSR count). The number of nitrogens with one attached hydrogen (secondary N) is 1. The van der Waals surface area contributed by atoms with E-state index in [1.54, 1.807) is 28.4 Å². The molecule has 0 unspecified atom stereocenters. The Morgan fingerprint density at radius 1 is 1.18 bits per heavy atom. The van der Waals surface area contributed by atoms with Crippen molar-refractivity contribution in [3.8, 4) is 10.6 Å². The van der Waals surface area contributed by atoms with E-state index in [1.807, 2.05) is 37.5 Å². The van der Waals surface area contributed by atoms with Gasteiger partial charge in [0, 0.05) is 24.2 Å². The Kier molecular flexibility index (Phi) is 4.62. The first kappa shape index (κ1) is 17.9. The Hall–Kier alpha value is -3.52. The van der Waals surface area contributed by atoms with Crippen molar-refractivity contribution >= 4 is 39.7 Å². The van der Waals surface area contributed by atoms with Crippen LogP contribution < -0.4 is 5.32 Å². The van der Waals surface area contributed by atoms with Gasteiger partial charge in [0.2, 0.25) is 0 Å². The number of aryl methyl sites for hydroxylation is 1. The number of hydrogen-bond acceptors (Lipinski definition) is 6. The van der Waals surface area contributed by atoms with Gasteiger partial charge in [0.15, 0.2) is 0 Å². The number of anilines is 1. The molecule has 0 bridgehead atoms. The third kappa shape index (κ3) is 3.37. The van der Waals surface area contributed by atoms with Crippen molar-refractivity contribution in [1.82, 2.24) is 14.8 Å². The zero-order valence-corrected chi connectivity index (χ0v) is 16.0. The Labute approximate surface area is 164 Å². The largest absolute Gasteiger partial charge is 0.465 e. The summed E-state index contributed by atoms with van der Waals surface area (Å²) in [6, 6.07) is 11.1. The van der Waals surface area contributed by atoms with Crippen LogP contribution in [0.25, 0.3) is 21.3 Å². The number of carbonyl (C=O) groups is 2. The minimum Gasteiger partial charge on any atom is -0.465 e. The fourth-order valence-corrected chi connectivity index (χ4v) is 3.63. The first-order chi connectivity index (χ1) is 13.5. The van der Waals surface area contributed by atoms with Gasteiger partial charge in [-0.05, 0) is 22.9 Å². The molecule has 2 aromatic carbocycles. The summed E-state index contributed by atoms with van der Waals surface area (Å²) >= 11 is 1.36. The topological polar surface area (TPSA) is 86.1 Å². The van der Waals surface area contributed by atoms with Crippen molar-refractivity contribution < 1.29 is 14.3 Å². The molecule has 2 heterocycles. The first-order valence-electron chi connectivity index (χ1n) is 8.42. The van der Waals surface area contributed by atoms with Crippen LogP contribution in [0.3, 0.4) is 0 Å². The smallest absolute Gasteiger partial charge is 0.339 e. The van der Waals surface area contributed by atoms with Crippen LogP contribution in [-0.2, 0) is 11.8 Å². The van der Waals surface area contributed by atoms with Gasteiger partial charge in [-0.25, -0.2) is 9.78 Å². The molecule has 1 amide bonds. The van der Waals surface area contributed by atoms with Gasteiger partial charge in [-0.2, -0.15) is 5.10 Å². The highest BCUT2D eigenvalue weighted by atomic mass is 32.1. The van der Waals surface area contributed by atoms with E-state index in [4.69, 9.17) is 4.74 Å². The zero-order valence-electron chi connectivity index (χ0n) is 15.2. The van der Waals surface area contributed by atoms with E-state index in [-0.39, 0.29) is 11.3 Å². The van der Waals surface area contributed by atoms with Gasteiger partial charge < -0.3 is 10.1 Å². The van der Waals surface area contributed by atoms with Gasteiger partial charge in [0.05, 0.1) is 24.6 Å². The van der Waals surface area contributed by atoms with Crippen LogP contribution in [0.15, 0.2) is 54.2 Å². The molecule has 2 aromatic heterocycles. The third-order valence-electron chi connectivity index (χ3n) is 4.23. The predicted octanol–water partition coefficient (Wildman–Crippen LogP) is 3.74. The molecule has 0 saturated heterocycles. The molecular weight excluding hydrogens is 376 g/mol. The van der Waals surface area contributed by atoms with Crippen molar-refractivity contribution in [2.24, 2.45) is 7.05 Å². The highest BCUT2D eigenvalue weighted by Gasteiger charge is 2.18. The number of nitrogens with zero attached hydrogens (tertiary/aromatic N) is 3. The highest BCUT2D eigenvalue weighted by molar-refractivity contribution is 7.13. The van der Waals surface area contributed by atoms with Crippen LogP contribution in [0.4, 0.5) is 5.69 Å². The number of esters is 1. The predicted molar refractivity (Wildman–Crippen MR) is 108 cm³/mol. The van der Waals surface area contributed by atoms with E-state index in [1.165, 1.54) is 18.4 Å². The second-order valence-electron chi connectivity index (χ2n) is 6.13. The molecular formula is C20H16N4O3S. The van der Waals surface area contributed by atoms with E-state index in [2.05, 4.69) is 15.4 Å². The van der Waals surface area contributed by atoms with Crippen molar-refractivity contribution in [2.75, 3.05) is 12.4 Å². The van der Waals surface area contributed by atoms with Gasteiger partial charge in [0.25, 0.3) is 5.91 Å². The van der Waals surface area contributed by atoms with Crippen molar-refractivity contribution in [2.45, 2.75) is 0 Å². The monoisotopic (exact) mass is 392 g/mol. The molecule has 4 aromatic rings. The molecule has 1 N–H and O–H groups in total. The van der Waals surface area contributed by atoms with Crippen molar-refractivity contribution in [3.05, 3.63) is 65.4 Å². The SMILES string of the molecule is COC(=O)c1cc2ccccc2cc1NC(=O)c1csc(-c2cnn(C)c2)n1. The molecule has 28 heavy (non-hydrogen) atoms. The number of rotatable bonds is 4. The molecule has 0 radical (unpaired) electrons. The van der Waals surface area contributed by atoms with Crippen LogP contribution in [0.2, 0.25) is 0 Å². The Bertz CT molecular complexity index is 1200. The highest BCUT2D eigenvalue weighted by Crippen LogP contribution is 2.27. The molecule has 8 heteroatoms. The van der Waals surface area contributed by atoms with Gasteiger partial charge in [0.1, 0.15) is 10.7 Å². The number of aromatic nitrogens is 3. The minimum absolute atomic E-state index is 0.271. The van der Waals surface area contributed by atoms with Crippen LogP contribution in [0, 0.1) is 0 Å². The molecule has 0 aliphatic heterocycles. The standard InChI is InChI=1S/C20H16N4O3S/c1-24-10-14(9-21-24)19-23-17(11-28-19)18(25)22-16-8-13-6-4-3-5-12(13)7-15(16)20(26)27-2/h3-11H,1-2H3,(H,22,25). The normalized spacial score (nSPS) is 10.8.